The third kappa shape index (κ3) is 3.70. The molecular weight excluding hydrogens is 298 g/mol. The number of nitrogens with zero attached hydrogens (tertiary/aromatic N) is 1. The van der Waals surface area contributed by atoms with Crippen LogP contribution in [-0.4, -0.2) is 30.7 Å². The highest BCUT2D eigenvalue weighted by Crippen LogP contribution is 2.24. The molecule has 2 N–H and O–H groups in total. The lowest BCUT2D eigenvalue weighted by Crippen LogP contribution is -2.46. The molecule has 2 aliphatic heterocycles. The van der Waals surface area contributed by atoms with E-state index < -0.39 is 0 Å². The molecule has 1 aromatic heterocycles. The molecule has 24 heavy (non-hydrogen) atoms. The highest BCUT2D eigenvalue weighted by molar-refractivity contribution is 5.54. The van der Waals surface area contributed by atoms with Crippen molar-refractivity contribution >= 4 is 5.69 Å². The van der Waals surface area contributed by atoms with Gasteiger partial charge >= 0.3 is 0 Å². The molecule has 0 bridgehead atoms. The van der Waals surface area contributed by atoms with Crippen molar-refractivity contribution in [2.24, 2.45) is 0 Å². The van der Waals surface area contributed by atoms with E-state index in [2.05, 4.69) is 39.9 Å². The van der Waals surface area contributed by atoms with Crippen LogP contribution in [0.4, 0.5) is 5.69 Å². The van der Waals surface area contributed by atoms with E-state index in [1.807, 2.05) is 12.4 Å². The van der Waals surface area contributed by atoms with Crippen molar-refractivity contribution in [1.29, 1.82) is 0 Å². The zero-order valence-corrected chi connectivity index (χ0v) is 14.1. The Labute approximate surface area is 143 Å². The van der Waals surface area contributed by atoms with Crippen LogP contribution in [0.1, 0.15) is 29.5 Å². The third-order valence-corrected chi connectivity index (χ3v) is 4.96. The van der Waals surface area contributed by atoms with Crippen molar-refractivity contribution in [2.75, 3.05) is 25.0 Å². The second-order valence-corrected chi connectivity index (χ2v) is 6.80. The number of ether oxygens (including phenoxy) is 1. The predicted molar refractivity (Wildman–Crippen MR) is 96.8 cm³/mol. The van der Waals surface area contributed by atoms with Gasteiger partial charge in [0.1, 0.15) is 12.4 Å². The molecule has 4 rings (SSSR count). The second kappa shape index (κ2) is 7.22. The number of nitrogens with one attached hydrogen (secondary N) is 2. The number of hydrogen-bond donors (Lipinski definition) is 2. The van der Waals surface area contributed by atoms with Crippen LogP contribution < -0.4 is 15.4 Å². The van der Waals surface area contributed by atoms with E-state index in [0.717, 1.165) is 38.3 Å². The molecule has 1 fully saturated rings. The molecule has 1 aromatic carbocycles. The Morgan fingerprint density at radius 3 is 2.88 bits per heavy atom. The van der Waals surface area contributed by atoms with E-state index in [1.165, 1.54) is 41.6 Å². The smallest absolute Gasteiger partial charge is 0.137 e. The van der Waals surface area contributed by atoms with Crippen molar-refractivity contribution in [3.05, 3.63) is 53.3 Å². The summed E-state index contributed by atoms with van der Waals surface area (Å²) in [6, 6.07) is 9.47. The molecule has 2 aromatic rings. The topological polar surface area (TPSA) is 46.2 Å². The minimum atomic E-state index is 0.512. The van der Waals surface area contributed by atoms with Gasteiger partial charge in [0, 0.05) is 24.5 Å². The Balaban J connectivity index is 1.35. The summed E-state index contributed by atoms with van der Waals surface area (Å²) >= 11 is 0. The second-order valence-electron chi connectivity index (χ2n) is 6.80. The van der Waals surface area contributed by atoms with E-state index >= 15 is 0 Å². The molecule has 4 nitrogen and oxygen atoms in total. The van der Waals surface area contributed by atoms with Crippen molar-refractivity contribution < 1.29 is 4.74 Å². The SMILES string of the molecule is c1cc2c(cc1CCc1cncc(OC[C@@H]3CCN3)c1)CCCN2. The summed E-state index contributed by atoms with van der Waals surface area (Å²) in [5.41, 5.74) is 5.42. The van der Waals surface area contributed by atoms with Gasteiger partial charge in [0.2, 0.25) is 0 Å². The van der Waals surface area contributed by atoms with Gasteiger partial charge in [-0.15, -0.1) is 0 Å². The average Bonchev–Trinajstić information content (AvgIpc) is 2.59. The number of pyridine rings is 1. The standard InChI is InChI=1S/C20H25N3O/c1-2-17-10-15(5-6-20(17)23-8-1)3-4-16-11-19(13-21-12-16)24-14-18-7-9-22-18/h5-6,10-13,18,22-23H,1-4,7-9,14H2/t18-/m0/s1. The fourth-order valence-electron chi connectivity index (χ4n) is 3.34. The van der Waals surface area contributed by atoms with Crippen LogP contribution in [-0.2, 0) is 19.3 Å². The first-order valence-electron chi connectivity index (χ1n) is 9.02. The molecule has 2 aliphatic rings. The minimum absolute atomic E-state index is 0.512. The lowest BCUT2D eigenvalue weighted by molar-refractivity contribution is 0.217. The summed E-state index contributed by atoms with van der Waals surface area (Å²) < 4.78 is 5.84. The summed E-state index contributed by atoms with van der Waals surface area (Å²) in [5.74, 6) is 0.885. The number of fused-ring (bicyclic) bond motifs is 1. The van der Waals surface area contributed by atoms with Crippen molar-refractivity contribution in [3.8, 4) is 5.75 Å². The quantitative estimate of drug-likeness (QED) is 0.858. The average molecular weight is 323 g/mol. The third-order valence-electron chi connectivity index (χ3n) is 4.96. The molecule has 3 heterocycles. The van der Waals surface area contributed by atoms with Crippen LogP contribution in [0.25, 0.3) is 0 Å². The monoisotopic (exact) mass is 323 g/mol. The van der Waals surface area contributed by atoms with Crippen molar-refractivity contribution in [1.82, 2.24) is 10.3 Å². The maximum absolute atomic E-state index is 5.84. The van der Waals surface area contributed by atoms with Crippen LogP contribution in [0.15, 0.2) is 36.7 Å². The largest absolute Gasteiger partial charge is 0.490 e. The summed E-state index contributed by atoms with van der Waals surface area (Å²) in [6.45, 7) is 2.95. The number of anilines is 1. The molecule has 4 heteroatoms. The lowest BCUT2D eigenvalue weighted by atomic mass is 9.98. The first kappa shape index (κ1) is 15.5. The number of aromatic nitrogens is 1. The first-order chi connectivity index (χ1) is 11.9. The van der Waals surface area contributed by atoms with Crippen LogP contribution in [0.5, 0.6) is 5.75 Å². The molecule has 1 saturated heterocycles. The van der Waals surface area contributed by atoms with E-state index in [0.29, 0.717) is 6.04 Å². The maximum Gasteiger partial charge on any atom is 0.137 e. The first-order valence-corrected chi connectivity index (χ1v) is 9.02. The molecule has 0 aliphatic carbocycles. The van der Waals surface area contributed by atoms with Crippen LogP contribution in [0, 0.1) is 0 Å². The van der Waals surface area contributed by atoms with Crippen LogP contribution in [0.2, 0.25) is 0 Å². The Hall–Kier alpha value is -2.07. The highest BCUT2D eigenvalue weighted by Gasteiger charge is 2.16. The van der Waals surface area contributed by atoms with Crippen molar-refractivity contribution in [3.63, 3.8) is 0 Å². The molecule has 1 atom stereocenters. The molecule has 0 saturated carbocycles. The van der Waals surface area contributed by atoms with Crippen LogP contribution in [0.3, 0.4) is 0 Å². The summed E-state index contributed by atoms with van der Waals surface area (Å²) in [6.07, 6.45) is 9.44. The van der Waals surface area contributed by atoms with Gasteiger partial charge < -0.3 is 15.4 Å². The van der Waals surface area contributed by atoms with Gasteiger partial charge in [-0.2, -0.15) is 0 Å². The van der Waals surface area contributed by atoms with Gasteiger partial charge in [0.05, 0.1) is 6.20 Å². The van der Waals surface area contributed by atoms with Gasteiger partial charge in [0.25, 0.3) is 0 Å². The number of aryl methyl sites for hydroxylation is 3. The minimum Gasteiger partial charge on any atom is -0.490 e. The van der Waals surface area contributed by atoms with Crippen molar-refractivity contribution in [2.45, 2.75) is 38.1 Å². The van der Waals surface area contributed by atoms with Gasteiger partial charge in [-0.3, -0.25) is 4.98 Å². The summed E-state index contributed by atoms with van der Waals surface area (Å²) in [7, 11) is 0. The Kier molecular flexibility index (Phi) is 4.65. The van der Waals surface area contributed by atoms with Gasteiger partial charge in [-0.25, -0.2) is 0 Å². The number of benzene rings is 1. The fourth-order valence-corrected chi connectivity index (χ4v) is 3.34. The molecule has 0 spiro atoms. The zero-order valence-electron chi connectivity index (χ0n) is 14.1. The molecule has 0 amide bonds. The van der Waals surface area contributed by atoms with E-state index in [1.54, 1.807) is 0 Å². The Morgan fingerprint density at radius 1 is 1.08 bits per heavy atom. The number of rotatable bonds is 6. The summed E-state index contributed by atoms with van der Waals surface area (Å²) in [5, 5.41) is 6.82. The molecular formula is C20H25N3O. The number of hydrogen-bond acceptors (Lipinski definition) is 4. The predicted octanol–water partition coefficient (Wildman–Crippen LogP) is 2.97. The summed E-state index contributed by atoms with van der Waals surface area (Å²) in [4.78, 5) is 4.33. The van der Waals surface area contributed by atoms with E-state index in [4.69, 9.17) is 4.74 Å². The Bertz CT molecular complexity index is 697. The van der Waals surface area contributed by atoms with Crippen LogP contribution >= 0.6 is 0 Å². The van der Waals surface area contributed by atoms with Gasteiger partial charge in [-0.1, -0.05) is 12.1 Å². The van der Waals surface area contributed by atoms with Gasteiger partial charge in [-0.05, 0) is 67.5 Å². The zero-order chi connectivity index (χ0) is 16.2. The Morgan fingerprint density at radius 2 is 2.00 bits per heavy atom. The lowest BCUT2D eigenvalue weighted by Gasteiger charge is -2.27. The highest BCUT2D eigenvalue weighted by atomic mass is 16.5. The van der Waals surface area contributed by atoms with E-state index in [-0.39, 0.29) is 0 Å². The van der Waals surface area contributed by atoms with E-state index in [9.17, 15) is 0 Å². The molecule has 0 radical (unpaired) electrons. The maximum atomic E-state index is 5.84. The fraction of sp³-hybridized carbons (Fsp3) is 0.450. The van der Waals surface area contributed by atoms with Gasteiger partial charge in [0.15, 0.2) is 0 Å². The molecule has 126 valence electrons. The normalized spacial score (nSPS) is 19.1. The molecule has 0 unspecified atom stereocenters.